The van der Waals surface area contributed by atoms with Crippen LogP contribution in [-0.2, 0) is 12.1 Å². The molecule has 0 amide bonds. The third-order valence-corrected chi connectivity index (χ3v) is 5.31. The maximum atomic E-state index is 14.7. The molecule has 164 valence electrons. The topological polar surface area (TPSA) is 68.8 Å². The second-order valence-electron chi connectivity index (χ2n) is 7.46. The van der Waals surface area contributed by atoms with Crippen LogP contribution >= 0.6 is 0 Å². The number of aromatic nitrogens is 5. The van der Waals surface area contributed by atoms with Gasteiger partial charge in [0.1, 0.15) is 35.7 Å². The summed E-state index contributed by atoms with van der Waals surface area (Å²) in [6.07, 6.45) is 9.58. The predicted octanol–water partition coefficient (Wildman–Crippen LogP) is 4.21. The molecule has 2 atom stereocenters. The van der Waals surface area contributed by atoms with Crippen LogP contribution < -0.4 is 0 Å². The lowest BCUT2D eigenvalue weighted by atomic mass is 9.86. The van der Waals surface area contributed by atoms with E-state index in [-0.39, 0.29) is 17.9 Å². The molecule has 0 radical (unpaired) electrons. The number of benzene rings is 2. The zero-order valence-electron chi connectivity index (χ0n) is 17.1. The monoisotopic (exact) mass is 439 g/mol. The molecule has 2 heterocycles. The molecule has 0 aliphatic carbocycles. The van der Waals surface area contributed by atoms with Crippen molar-refractivity contribution in [2.75, 3.05) is 0 Å². The van der Waals surface area contributed by atoms with Gasteiger partial charge in [-0.15, -0.1) is 0 Å². The van der Waals surface area contributed by atoms with Crippen LogP contribution in [0.3, 0.4) is 0 Å². The van der Waals surface area contributed by atoms with Gasteiger partial charge in [0.15, 0.2) is 0 Å². The fourth-order valence-electron chi connectivity index (χ4n) is 3.48. The van der Waals surface area contributed by atoms with Crippen molar-refractivity contribution in [1.82, 2.24) is 24.5 Å². The van der Waals surface area contributed by atoms with Crippen LogP contribution in [-0.4, -0.2) is 29.7 Å². The van der Waals surface area contributed by atoms with Gasteiger partial charge in [-0.2, -0.15) is 10.2 Å². The number of hydrogen-bond donors (Lipinski definition) is 1. The number of halogens is 3. The third kappa shape index (κ3) is 4.47. The molecule has 2 aromatic heterocycles. The van der Waals surface area contributed by atoms with E-state index in [0.717, 1.165) is 23.3 Å². The summed E-state index contributed by atoms with van der Waals surface area (Å²) in [5, 5.41) is 19.9. The van der Waals surface area contributed by atoms with E-state index < -0.39 is 23.3 Å². The van der Waals surface area contributed by atoms with Gasteiger partial charge in [0, 0.05) is 23.4 Å². The summed E-state index contributed by atoms with van der Waals surface area (Å²) in [6, 6.07) is 8.32. The van der Waals surface area contributed by atoms with Crippen LogP contribution in [0.1, 0.15) is 29.7 Å². The minimum Gasteiger partial charge on any atom is -0.381 e. The lowest BCUT2D eigenvalue weighted by molar-refractivity contribution is -0.0369. The molecular formula is C23H20F3N5O. The summed E-state index contributed by atoms with van der Waals surface area (Å²) < 4.78 is 44.1. The van der Waals surface area contributed by atoms with Crippen LogP contribution in [0.2, 0.25) is 0 Å². The Morgan fingerprint density at radius 2 is 1.72 bits per heavy atom. The Kier molecular flexibility index (Phi) is 5.91. The van der Waals surface area contributed by atoms with Gasteiger partial charge in [-0.3, -0.25) is 4.68 Å². The molecule has 1 N–H and O–H groups in total. The summed E-state index contributed by atoms with van der Waals surface area (Å²) in [7, 11) is 0. The van der Waals surface area contributed by atoms with E-state index in [2.05, 4.69) is 15.2 Å². The Balaban J connectivity index is 1.65. The second-order valence-corrected chi connectivity index (χ2v) is 7.46. The highest BCUT2D eigenvalue weighted by Crippen LogP contribution is 2.36. The van der Waals surface area contributed by atoms with E-state index in [1.165, 1.54) is 40.2 Å². The molecule has 0 saturated heterocycles. The fourth-order valence-corrected chi connectivity index (χ4v) is 3.48. The highest BCUT2D eigenvalue weighted by molar-refractivity contribution is 5.68. The van der Waals surface area contributed by atoms with E-state index >= 15 is 0 Å². The van der Waals surface area contributed by atoms with Gasteiger partial charge >= 0.3 is 0 Å². The standard InChI is InChI=1S/C23H20F3N5O/c1-16(31-12-18(11-28-31)3-2-17-4-6-19(24)7-5-17)23(32,13-30-15-27-14-29-30)21-9-8-20(25)10-22(21)26/h2-12,14-16,32H,13H2,1H3/b3-2+/t16-,23-/m1/s1. The summed E-state index contributed by atoms with van der Waals surface area (Å²) in [5.74, 6) is -1.93. The van der Waals surface area contributed by atoms with Crippen molar-refractivity contribution in [1.29, 1.82) is 0 Å². The highest BCUT2D eigenvalue weighted by Gasteiger charge is 2.40. The molecule has 2 aromatic carbocycles. The van der Waals surface area contributed by atoms with Crippen LogP contribution in [0.5, 0.6) is 0 Å². The van der Waals surface area contributed by atoms with E-state index in [4.69, 9.17) is 0 Å². The Hall–Kier alpha value is -3.72. The Morgan fingerprint density at radius 3 is 2.41 bits per heavy atom. The number of hydrogen-bond acceptors (Lipinski definition) is 4. The van der Waals surface area contributed by atoms with Gasteiger partial charge in [0.25, 0.3) is 0 Å². The van der Waals surface area contributed by atoms with Crippen LogP contribution in [0.15, 0.2) is 67.5 Å². The minimum absolute atomic E-state index is 0.0826. The maximum Gasteiger partial charge on any atom is 0.137 e. The Labute approximate surface area is 182 Å². The van der Waals surface area contributed by atoms with E-state index in [1.807, 2.05) is 0 Å². The first-order chi connectivity index (χ1) is 15.3. The first-order valence-corrected chi connectivity index (χ1v) is 9.83. The molecule has 0 spiro atoms. The maximum absolute atomic E-state index is 14.7. The number of aliphatic hydroxyl groups is 1. The van der Waals surface area contributed by atoms with Crippen LogP contribution in [0, 0.1) is 17.5 Å². The van der Waals surface area contributed by atoms with E-state index in [9.17, 15) is 18.3 Å². The van der Waals surface area contributed by atoms with Gasteiger partial charge in [-0.25, -0.2) is 22.8 Å². The molecular weight excluding hydrogens is 419 g/mol. The smallest absolute Gasteiger partial charge is 0.137 e. The average Bonchev–Trinajstić information content (AvgIpc) is 3.44. The van der Waals surface area contributed by atoms with Gasteiger partial charge in [0.05, 0.1) is 18.8 Å². The van der Waals surface area contributed by atoms with Crippen molar-refractivity contribution < 1.29 is 18.3 Å². The van der Waals surface area contributed by atoms with Gasteiger partial charge < -0.3 is 5.11 Å². The minimum atomic E-state index is -1.81. The lowest BCUT2D eigenvalue weighted by Crippen LogP contribution is -2.40. The van der Waals surface area contributed by atoms with Crippen LogP contribution in [0.4, 0.5) is 13.2 Å². The molecule has 4 rings (SSSR count). The molecule has 0 aliphatic heterocycles. The van der Waals surface area contributed by atoms with Crippen molar-refractivity contribution in [3.05, 3.63) is 102 Å². The molecule has 0 saturated carbocycles. The summed E-state index contributed by atoms with van der Waals surface area (Å²) in [5.41, 5.74) is -0.358. The molecule has 6 nitrogen and oxygen atoms in total. The summed E-state index contributed by atoms with van der Waals surface area (Å²) in [6.45, 7) is 1.55. The number of rotatable bonds is 7. The first-order valence-electron chi connectivity index (χ1n) is 9.83. The SMILES string of the molecule is C[C@@H](n1cc(/C=C/c2ccc(F)cc2)cn1)[C@](O)(Cn1cncn1)c1ccc(F)cc1F. The molecule has 0 unspecified atom stereocenters. The lowest BCUT2D eigenvalue weighted by Gasteiger charge is -2.34. The molecule has 0 bridgehead atoms. The van der Waals surface area contributed by atoms with Gasteiger partial charge in [-0.05, 0) is 30.7 Å². The quantitative estimate of drug-likeness (QED) is 0.468. The van der Waals surface area contributed by atoms with Crippen molar-refractivity contribution in [3.63, 3.8) is 0 Å². The first kappa shape index (κ1) is 21.5. The average molecular weight is 439 g/mol. The van der Waals surface area contributed by atoms with Crippen LogP contribution in [0.25, 0.3) is 12.2 Å². The predicted molar refractivity (Wildman–Crippen MR) is 113 cm³/mol. The molecule has 4 aromatic rings. The zero-order chi connectivity index (χ0) is 22.7. The van der Waals surface area contributed by atoms with Gasteiger partial charge in [0.2, 0.25) is 0 Å². The van der Waals surface area contributed by atoms with Gasteiger partial charge in [-0.1, -0.05) is 30.4 Å². The van der Waals surface area contributed by atoms with E-state index in [1.54, 1.807) is 43.6 Å². The second kappa shape index (κ2) is 8.80. The normalized spacial score (nSPS) is 14.5. The van der Waals surface area contributed by atoms with Crippen molar-refractivity contribution in [2.24, 2.45) is 0 Å². The van der Waals surface area contributed by atoms with Crippen molar-refractivity contribution in [3.8, 4) is 0 Å². The third-order valence-electron chi connectivity index (χ3n) is 5.31. The largest absolute Gasteiger partial charge is 0.381 e. The molecule has 0 fully saturated rings. The molecule has 9 heteroatoms. The zero-order valence-corrected chi connectivity index (χ0v) is 17.1. The van der Waals surface area contributed by atoms with Crippen molar-refractivity contribution in [2.45, 2.75) is 25.1 Å². The fraction of sp³-hybridized carbons (Fsp3) is 0.174. The Bertz CT molecular complexity index is 1220. The summed E-state index contributed by atoms with van der Waals surface area (Å²) >= 11 is 0. The number of nitrogens with zero attached hydrogens (tertiary/aromatic N) is 5. The van der Waals surface area contributed by atoms with Crippen molar-refractivity contribution >= 4 is 12.2 Å². The molecule has 0 aliphatic rings. The summed E-state index contributed by atoms with van der Waals surface area (Å²) in [4.78, 5) is 3.86. The van der Waals surface area contributed by atoms with E-state index in [0.29, 0.717) is 0 Å². The highest BCUT2D eigenvalue weighted by atomic mass is 19.1. The Morgan fingerprint density at radius 1 is 1.00 bits per heavy atom. The molecule has 32 heavy (non-hydrogen) atoms.